The third-order valence-electron chi connectivity index (χ3n) is 3.73. The molecular formula is C11H14F2O7S. The first-order valence-corrected chi connectivity index (χ1v) is 6.91. The zero-order chi connectivity index (χ0) is 15.8. The maximum atomic E-state index is 13.4. The predicted molar refractivity (Wildman–Crippen MR) is 63.6 cm³/mol. The number of rotatable bonds is 5. The maximum Gasteiger partial charge on any atom is 0.415 e. The lowest BCUT2D eigenvalue weighted by Crippen LogP contribution is -2.50. The number of hydrogen-bond acceptors (Lipinski definition) is 8. The van der Waals surface area contributed by atoms with Crippen molar-refractivity contribution in [2.75, 3.05) is 0 Å². The fourth-order valence-corrected chi connectivity index (χ4v) is 3.20. The van der Waals surface area contributed by atoms with Crippen LogP contribution in [0, 0.1) is 11.8 Å². The molecule has 1 saturated heterocycles. The van der Waals surface area contributed by atoms with E-state index in [0.29, 0.717) is 12.8 Å². The lowest BCUT2D eigenvalue weighted by atomic mass is 9.74. The van der Waals surface area contributed by atoms with Gasteiger partial charge < -0.3 is 9.47 Å². The van der Waals surface area contributed by atoms with E-state index in [0.717, 1.165) is 0 Å². The number of alkyl halides is 2. The highest BCUT2D eigenvalue weighted by atomic mass is 32.2. The number of carbonyl (C=O) groups is 2. The van der Waals surface area contributed by atoms with Gasteiger partial charge >= 0.3 is 17.2 Å². The molecule has 10 heteroatoms. The van der Waals surface area contributed by atoms with Crippen LogP contribution in [0.5, 0.6) is 0 Å². The van der Waals surface area contributed by atoms with E-state index in [2.05, 4.69) is 9.37 Å². The van der Waals surface area contributed by atoms with Crippen LogP contribution in [0.4, 0.5) is 8.78 Å². The molecule has 0 spiro atoms. The van der Waals surface area contributed by atoms with Crippen LogP contribution >= 0.6 is 12.0 Å². The number of hydrogen-bond donors (Lipinski definition) is 1. The minimum atomic E-state index is -4.07. The van der Waals surface area contributed by atoms with E-state index < -0.39 is 40.9 Å². The molecule has 0 aromatic heterocycles. The van der Waals surface area contributed by atoms with E-state index >= 15 is 0 Å². The molecule has 21 heavy (non-hydrogen) atoms. The van der Waals surface area contributed by atoms with Crippen LogP contribution in [0.1, 0.15) is 26.7 Å². The quantitative estimate of drug-likeness (QED) is 0.354. The molecule has 0 aromatic carbocycles. The van der Waals surface area contributed by atoms with Gasteiger partial charge in [0, 0.05) is 6.42 Å². The molecule has 1 saturated carbocycles. The van der Waals surface area contributed by atoms with Gasteiger partial charge in [0.1, 0.15) is 23.7 Å². The normalized spacial score (nSPS) is 35.5. The topological polar surface area (TPSA) is 91.3 Å². The Morgan fingerprint density at radius 1 is 1.57 bits per heavy atom. The molecule has 2 fully saturated rings. The van der Waals surface area contributed by atoms with Crippen molar-refractivity contribution in [3.63, 3.8) is 0 Å². The Morgan fingerprint density at radius 2 is 2.24 bits per heavy atom. The monoisotopic (exact) mass is 328 g/mol. The molecule has 0 aromatic rings. The molecule has 4 atom stereocenters. The second kappa shape index (κ2) is 5.67. The molecule has 2 bridgehead atoms. The first-order chi connectivity index (χ1) is 9.69. The number of ether oxygens (including phenoxy) is 2. The number of fused-ring (bicyclic) bond motifs is 2. The third kappa shape index (κ3) is 3.12. The fraction of sp³-hybridized carbons (Fsp3) is 0.818. The van der Waals surface area contributed by atoms with Gasteiger partial charge in [-0.1, -0.05) is 12.0 Å². The Hall–Kier alpha value is -0.970. The summed E-state index contributed by atoms with van der Waals surface area (Å²) < 4.78 is 40.4. The summed E-state index contributed by atoms with van der Waals surface area (Å²) in [5.74, 6) is -2.86. The molecule has 0 radical (unpaired) electrons. The number of halogens is 2. The largest absolute Gasteiger partial charge is 0.455 e. The van der Waals surface area contributed by atoms with Gasteiger partial charge in [0.15, 0.2) is 0 Å². The Balaban J connectivity index is 2.07. The average molecular weight is 328 g/mol. The van der Waals surface area contributed by atoms with E-state index in [1.165, 1.54) is 0 Å². The van der Waals surface area contributed by atoms with E-state index in [1.54, 1.807) is 13.8 Å². The molecule has 2 rings (SSSR count). The summed E-state index contributed by atoms with van der Waals surface area (Å²) >= 11 is -0.693. The first kappa shape index (κ1) is 16.4. The summed E-state index contributed by atoms with van der Waals surface area (Å²) in [7, 11) is 0. The molecular weight excluding hydrogens is 314 g/mol. The lowest BCUT2D eigenvalue weighted by molar-refractivity contribution is -0.433. The Labute approximate surface area is 122 Å². The van der Waals surface area contributed by atoms with Crippen molar-refractivity contribution in [2.45, 2.75) is 43.6 Å². The highest BCUT2D eigenvalue weighted by Gasteiger charge is 2.58. The van der Waals surface area contributed by atoms with Crippen molar-refractivity contribution >= 4 is 24.0 Å². The molecule has 120 valence electrons. The lowest BCUT2D eigenvalue weighted by Gasteiger charge is -2.38. The van der Waals surface area contributed by atoms with Gasteiger partial charge in [0.05, 0.1) is 5.92 Å². The van der Waals surface area contributed by atoms with Gasteiger partial charge in [-0.15, -0.1) is 4.33 Å². The van der Waals surface area contributed by atoms with Crippen molar-refractivity contribution in [3.05, 3.63) is 0 Å². The van der Waals surface area contributed by atoms with Crippen molar-refractivity contribution in [3.8, 4) is 0 Å². The Kier molecular flexibility index (Phi) is 4.43. The van der Waals surface area contributed by atoms with E-state index in [1.807, 2.05) is 0 Å². The molecule has 4 unspecified atom stereocenters. The summed E-state index contributed by atoms with van der Waals surface area (Å²) in [6.45, 7) is 3.25. The van der Waals surface area contributed by atoms with Crippen molar-refractivity contribution in [1.82, 2.24) is 0 Å². The standard InChI is InChI=1S/C11H14F2O7S/c1-5-3-6-4-10(2,18-8(6)14)7(5)17-9(15)11(12,13)21-20-19-16/h5-7,16H,3-4H2,1-2H3. The van der Waals surface area contributed by atoms with Crippen molar-refractivity contribution in [1.29, 1.82) is 0 Å². The van der Waals surface area contributed by atoms with E-state index in [9.17, 15) is 18.4 Å². The van der Waals surface area contributed by atoms with Gasteiger partial charge in [-0.25, -0.2) is 10.1 Å². The van der Waals surface area contributed by atoms with Gasteiger partial charge in [0.25, 0.3) is 0 Å². The Bertz CT molecular complexity index is 446. The van der Waals surface area contributed by atoms with Gasteiger partial charge in [-0.3, -0.25) is 4.79 Å². The first-order valence-electron chi connectivity index (χ1n) is 6.17. The van der Waals surface area contributed by atoms with Gasteiger partial charge in [-0.2, -0.15) is 8.78 Å². The highest BCUT2D eigenvalue weighted by Crippen LogP contribution is 2.47. The van der Waals surface area contributed by atoms with E-state index in [4.69, 9.17) is 14.7 Å². The van der Waals surface area contributed by atoms with Crippen molar-refractivity contribution in [2.24, 2.45) is 11.8 Å². The Morgan fingerprint density at radius 3 is 2.86 bits per heavy atom. The highest BCUT2D eigenvalue weighted by molar-refractivity contribution is 7.96. The number of carbonyl (C=O) groups excluding carboxylic acids is 2. The van der Waals surface area contributed by atoms with Crippen LogP contribution in [0.2, 0.25) is 0 Å². The number of esters is 2. The molecule has 1 aliphatic carbocycles. The SMILES string of the molecule is CC1CC2CC(C)(OC2=O)C1OC(=O)C(F)(F)SOOO. The minimum absolute atomic E-state index is 0.291. The zero-order valence-electron chi connectivity index (χ0n) is 11.2. The summed E-state index contributed by atoms with van der Waals surface area (Å²) in [6.07, 6.45) is -0.251. The van der Waals surface area contributed by atoms with Gasteiger partial charge in [-0.05, 0) is 19.3 Å². The summed E-state index contributed by atoms with van der Waals surface area (Å²) in [6, 6.07) is 0. The fourth-order valence-electron chi connectivity index (χ4n) is 2.97. The third-order valence-corrected chi connectivity index (χ3v) is 4.24. The predicted octanol–water partition coefficient (Wildman–Crippen LogP) is 1.92. The molecule has 1 aliphatic heterocycles. The average Bonchev–Trinajstić information content (AvgIpc) is 2.64. The summed E-state index contributed by atoms with van der Waals surface area (Å²) in [5.41, 5.74) is -1.11. The van der Waals surface area contributed by atoms with Crippen LogP contribution in [-0.2, 0) is 28.4 Å². The molecule has 7 nitrogen and oxygen atoms in total. The molecule has 1 heterocycles. The van der Waals surface area contributed by atoms with Gasteiger partial charge in [0.2, 0.25) is 0 Å². The van der Waals surface area contributed by atoms with Crippen LogP contribution in [0.15, 0.2) is 0 Å². The summed E-state index contributed by atoms with van der Waals surface area (Å²) in [5, 5.41) is 6.80. The second-order valence-electron chi connectivity index (χ2n) is 5.42. The van der Waals surface area contributed by atoms with Crippen LogP contribution < -0.4 is 0 Å². The molecule has 1 N–H and O–H groups in total. The van der Waals surface area contributed by atoms with Crippen molar-refractivity contribution < 1.29 is 42.5 Å². The second-order valence-corrected chi connectivity index (χ2v) is 6.23. The van der Waals surface area contributed by atoms with Crippen LogP contribution in [0.25, 0.3) is 0 Å². The molecule has 0 amide bonds. The minimum Gasteiger partial charge on any atom is -0.455 e. The van der Waals surface area contributed by atoms with Crippen LogP contribution in [-0.4, -0.2) is 34.2 Å². The smallest absolute Gasteiger partial charge is 0.415 e. The van der Waals surface area contributed by atoms with Crippen LogP contribution in [0.3, 0.4) is 0 Å². The summed E-state index contributed by atoms with van der Waals surface area (Å²) in [4.78, 5) is 23.1. The maximum absolute atomic E-state index is 13.4. The zero-order valence-corrected chi connectivity index (χ0v) is 12.0. The van der Waals surface area contributed by atoms with E-state index in [-0.39, 0.29) is 11.8 Å². The molecule has 2 aliphatic rings.